The van der Waals surface area contributed by atoms with Gasteiger partial charge in [-0.25, -0.2) is 0 Å². The van der Waals surface area contributed by atoms with Crippen molar-refractivity contribution in [1.29, 1.82) is 0 Å². The Morgan fingerprint density at radius 3 is 3.09 bits per heavy atom. The van der Waals surface area contributed by atoms with Crippen LogP contribution in [0.4, 0.5) is 0 Å². The van der Waals surface area contributed by atoms with Gasteiger partial charge in [-0.15, -0.1) is 0 Å². The summed E-state index contributed by atoms with van der Waals surface area (Å²) in [6, 6.07) is 0. The predicted octanol–water partition coefficient (Wildman–Crippen LogP) is 2.21. The SMILES string of the molecule is CC1CN(CCCBr)CCS1. The van der Waals surface area contributed by atoms with Crippen LogP contribution >= 0.6 is 27.7 Å². The lowest BCUT2D eigenvalue weighted by Gasteiger charge is -2.30. The third kappa shape index (κ3) is 3.81. The summed E-state index contributed by atoms with van der Waals surface area (Å²) in [5, 5.41) is 1.99. The van der Waals surface area contributed by atoms with Gasteiger partial charge in [0, 0.05) is 29.4 Å². The van der Waals surface area contributed by atoms with Crippen molar-refractivity contribution in [2.24, 2.45) is 0 Å². The van der Waals surface area contributed by atoms with Crippen molar-refractivity contribution in [2.75, 3.05) is 30.7 Å². The standard InChI is InChI=1S/C8H16BrNS/c1-8-7-10(4-2-3-9)5-6-11-8/h8H,2-7H2,1H3. The Hall–Kier alpha value is 0.790. The van der Waals surface area contributed by atoms with Crippen molar-refractivity contribution in [3.63, 3.8) is 0 Å². The Labute approximate surface area is 82.0 Å². The molecule has 0 bridgehead atoms. The van der Waals surface area contributed by atoms with Gasteiger partial charge in [-0.2, -0.15) is 11.8 Å². The Morgan fingerprint density at radius 1 is 1.64 bits per heavy atom. The van der Waals surface area contributed by atoms with E-state index in [4.69, 9.17) is 0 Å². The Balaban J connectivity index is 2.12. The Bertz CT molecular complexity index is 110. The van der Waals surface area contributed by atoms with E-state index >= 15 is 0 Å². The van der Waals surface area contributed by atoms with Crippen molar-refractivity contribution >= 4 is 27.7 Å². The molecule has 1 rings (SSSR count). The predicted molar refractivity (Wildman–Crippen MR) is 56.8 cm³/mol. The molecule has 1 aliphatic rings. The van der Waals surface area contributed by atoms with Crippen molar-refractivity contribution < 1.29 is 0 Å². The average Bonchev–Trinajstić information content (AvgIpc) is 2.01. The van der Waals surface area contributed by atoms with E-state index < -0.39 is 0 Å². The first-order valence-corrected chi connectivity index (χ1v) is 6.40. The maximum atomic E-state index is 3.46. The second-order valence-electron chi connectivity index (χ2n) is 3.02. The van der Waals surface area contributed by atoms with Crippen LogP contribution in [0.25, 0.3) is 0 Å². The van der Waals surface area contributed by atoms with E-state index in [1.807, 2.05) is 0 Å². The molecule has 0 spiro atoms. The third-order valence-electron chi connectivity index (χ3n) is 1.93. The fourth-order valence-electron chi connectivity index (χ4n) is 1.38. The van der Waals surface area contributed by atoms with Gasteiger partial charge in [-0.1, -0.05) is 22.9 Å². The normalized spacial score (nSPS) is 27.3. The van der Waals surface area contributed by atoms with Crippen LogP contribution in [0.2, 0.25) is 0 Å². The number of nitrogens with zero attached hydrogens (tertiary/aromatic N) is 1. The van der Waals surface area contributed by atoms with Gasteiger partial charge in [0.2, 0.25) is 0 Å². The molecule has 66 valence electrons. The fourth-order valence-corrected chi connectivity index (χ4v) is 2.71. The highest BCUT2D eigenvalue weighted by molar-refractivity contribution is 9.09. The molecule has 1 fully saturated rings. The molecular formula is C8H16BrNS. The highest BCUT2D eigenvalue weighted by Gasteiger charge is 2.15. The maximum Gasteiger partial charge on any atom is 0.0147 e. The third-order valence-corrected chi connectivity index (χ3v) is 3.63. The number of hydrogen-bond donors (Lipinski definition) is 0. The molecule has 3 heteroatoms. The lowest BCUT2D eigenvalue weighted by molar-refractivity contribution is 0.288. The molecule has 0 aromatic rings. The molecule has 0 amide bonds. The molecule has 0 aliphatic carbocycles. The molecule has 1 nitrogen and oxygen atoms in total. The van der Waals surface area contributed by atoms with E-state index in [0.717, 1.165) is 10.6 Å². The monoisotopic (exact) mass is 237 g/mol. The fraction of sp³-hybridized carbons (Fsp3) is 1.00. The van der Waals surface area contributed by atoms with Gasteiger partial charge >= 0.3 is 0 Å². The molecule has 0 radical (unpaired) electrons. The van der Waals surface area contributed by atoms with E-state index in [9.17, 15) is 0 Å². The van der Waals surface area contributed by atoms with Crippen molar-refractivity contribution in [1.82, 2.24) is 4.90 Å². The first-order valence-electron chi connectivity index (χ1n) is 4.23. The van der Waals surface area contributed by atoms with Gasteiger partial charge in [0.25, 0.3) is 0 Å². The zero-order chi connectivity index (χ0) is 8.10. The molecule has 1 aliphatic heterocycles. The summed E-state index contributed by atoms with van der Waals surface area (Å²) in [7, 11) is 0. The summed E-state index contributed by atoms with van der Waals surface area (Å²) in [6.45, 7) is 6.18. The Morgan fingerprint density at radius 2 is 2.45 bits per heavy atom. The second-order valence-corrected chi connectivity index (χ2v) is 5.36. The molecule has 0 aromatic heterocycles. The van der Waals surface area contributed by atoms with Crippen LogP contribution in [0.1, 0.15) is 13.3 Å². The van der Waals surface area contributed by atoms with Crippen molar-refractivity contribution in [2.45, 2.75) is 18.6 Å². The van der Waals surface area contributed by atoms with E-state index in [2.05, 4.69) is 39.5 Å². The molecule has 1 heterocycles. The van der Waals surface area contributed by atoms with E-state index in [1.165, 1.54) is 31.8 Å². The molecule has 0 aromatic carbocycles. The van der Waals surface area contributed by atoms with Gasteiger partial charge in [0.05, 0.1) is 0 Å². The van der Waals surface area contributed by atoms with Crippen LogP contribution < -0.4 is 0 Å². The van der Waals surface area contributed by atoms with Crippen molar-refractivity contribution in [3.8, 4) is 0 Å². The van der Waals surface area contributed by atoms with Gasteiger partial charge in [0.1, 0.15) is 0 Å². The van der Waals surface area contributed by atoms with Crippen LogP contribution in [0, 0.1) is 0 Å². The first-order chi connectivity index (χ1) is 5.33. The number of hydrogen-bond acceptors (Lipinski definition) is 2. The minimum absolute atomic E-state index is 0.846. The van der Waals surface area contributed by atoms with Gasteiger partial charge in [0.15, 0.2) is 0 Å². The lowest BCUT2D eigenvalue weighted by atomic mass is 10.3. The molecule has 0 N–H and O–H groups in total. The minimum atomic E-state index is 0.846. The zero-order valence-electron chi connectivity index (χ0n) is 7.05. The topological polar surface area (TPSA) is 3.24 Å². The summed E-state index contributed by atoms with van der Waals surface area (Å²) in [5.74, 6) is 1.32. The van der Waals surface area contributed by atoms with Crippen LogP contribution in [-0.2, 0) is 0 Å². The van der Waals surface area contributed by atoms with E-state index in [0.29, 0.717) is 0 Å². The van der Waals surface area contributed by atoms with Gasteiger partial charge in [-0.3, -0.25) is 0 Å². The van der Waals surface area contributed by atoms with Crippen LogP contribution in [0.15, 0.2) is 0 Å². The second kappa shape index (κ2) is 5.44. The molecule has 1 saturated heterocycles. The molecule has 11 heavy (non-hydrogen) atoms. The molecular weight excluding hydrogens is 222 g/mol. The van der Waals surface area contributed by atoms with Gasteiger partial charge in [-0.05, 0) is 13.0 Å². The number of rotatable bonds is 3. The lowest BCUT2D eigenvalue weighted by Crippen LogP contribution is -2.37. The quantitative estimate of drug-likeness (QED) is 0.693. The zero-order valence-corrected chi connectivity index (χ0v) is 9.46. The molecule has 1 unspecified atom stereocenters. The highest BCUT2D eigenvalue weighted by Crippen LogP contribution is 2.17. The summed E-state index contributed by atoms with van der Waals surface area (Å²) in [4.78, 5) is 2.57. The van der Waals surface area contributed by atoms with E-state index in [-0.39, 0.29) is 0 Å². The summed E-state index contributed by atoms with van der Waals surface area (Å²) in [6.07, 6.45) is 1.29. The summed E-state index contributed by atoms with van der Waals surface area (Å²) >= 11 is 5.56. The summed E-state index contributed by atoms with van der Waals surface area (Å²) < 4.78 is 0. The molecule has 0 saturated carbocycles. The number of thioether (sulfide) groups is 1. The maximum absolute atomic E-state index is 3.46. The first kappa shape index (κ1) is 9.87. The number of alkyl halides is 1. The summed E-state index contributed by atoms with van der Waals surface area (Å²) in [5.41, 5.74) is 0. The van der Waals surface area contributed by atoms with Crippen LogP contribution in [-0.4, -0.2) is 40.9 Å². The van der Waals surface area contributed by atoms with Crippen molar-refractivity contribution in [3.05, 3.63) is 0 Å². The molecule has 1 atom stereocenters. The number of halogens is 1. The van der Waals surface area contributed by atoms with Gasteiger partial charge < -0.3 is 4.90 Å². The smallest absolute Gasteiger partial charge is 0.0147 e. The largest absolute Gasteiger partial charge is 0.301 e. The average molecular weight is 238 g/mol. The Kier molecular flexibility index (Phi) is 4.88. The van der Waals surface area contributed by atoms with Crippen LogP contribution in [0.5, 0.6) is 0 Å². The minimum Gasteiger partial charge on any atom is -0.301 e. The van der Waals surface area contributed by atoms with E-state index in [1.54, 1.807) is 0 Å². The highest BCUT2D eigenvalue weighted by atomic mass is 79.9. The van der Waals surface area contributed by atoms with Crippen LogP contribution in [0.3, 0.4) is 0 Å².